The number of aromatic nitrogens is 4. The van der Waals surface area contributed by atoms with Crippen molar-refractivity contribution in [2.75, 3.05) is 6.54 Å². The van der Waals surface area contributed by atoms with Crippen LogP contribution in [0, 0.1) is 11.8 Å². The molecule has 30 heavy (non-hydrogen) atoms. The van der Waals surface area contributed by atoms with Crippen molar-refractivity contribution in [3.63, 3.8) is 0 Å². The zero-order valence-corrected chi connectivity index (χ0v) is 17.2. The Morgan fingerprint density at radius 3 is 2.90 bits per heavy atom. The maximum Gasteiger partial charge on any atom is 0.278 e. The Morgan fingerprint density at radius 1 is 1.17 bits per heavy atom. The molecule has 152 valence electrons. The third kappa shape index (κ3) is 2.64. The summed E-state index contributed by atoms with van der Waals surface area (Å²) in [5.74, 6) is 2.80. The van der Waals surface area contributed by atoms with Crippen LogP contribution < -0.4 is 0 Å². The Bertz CT molecular complexity index is 1170. The van der Waals surface area contributed by atoms with E-state index in [1.165, 1.54) is 18.4 Å². The molecule has 1 aromatic carbocycles. The summed E-state index contributed by atoms with van der Waals surface area (Å²) in [6, 6.07) is 6.32. The normalized spacial score (nSPS) is 24.5. The van der Waals surface area contributed by atoms with E-state index in [4.69, 9.17) is 26.2 Å². The Labute approximate surface area is 178 Å². The molecule has 2 unspecified atom stereocenters. The average Bonchev–Trinajstić information content (AvgIpc) is 3.63. The number of fused-ring (bicyclic) bond motifs is 5. The van der Waals surface area contributed by atoms with Gasteiger partial charge in [-0.25, -0.2) is 4.98 Å². The van der Waals surface area contributed by atoms with Crippen LogP contribution in [0.5, 0.6) is 0 Å². The van der Waals surface area contributed by atoms with Gasteiger partial charge in [0.2, 0.25) is 0 Å². The fourth-order valence-electron chi connectivity index (χ4n) is 4.83. The molecule has 3 aromatic rings. The summed E-state index contributed by atoms with van der Waals surface area (Å²) < 4.78 is 7.79. The third-order valence-electron chi connectivity index (χ3n) is 6.73. The second-order valence-electron chi connectivity index (χ2n) is 8.99. The molecule has 2 aliphatic carbocycles. The van der Waals surface area contributed by atoms with E-state index in [-0.39, 0.29) is 12.0 Å². The quantitative estimate of drug-likeness (QED) is 0.626. The van der Waals surface area contributed by atoms with Crippen molar-refractivity contribution in [1.29, 1.82) is 0 Å². The zero-order valence-electron chi connectivity index (χ0n) is 16.4. The molecule has 0 radical (unpaired) electrons. The minimum atomic E-state index is 0.191. The molecule has 7 nitrogen and oxygen atoms in total. The lowest BCUT2D eigenvalue weighted by Crippen LogP contribution is -2.27. The first-order valence-electron chi connectivity index (χ1n) is 10.8. The van der Waals surface area contributed by atoms with E-state index >= 15 is 0 Å². The van der Waals surface area contributed by atoms with Gasteiger partial charge in [-0.05, 0) is 49.8 Å². The number of hydrogen-bond donors (Lipinski definition) is 0. The van der Waals surface area contributed by atoms with Gasteiger partial charge < -0.3 is 9.09 Å². The van der Waals surface area contributed by atoms with Gasteiger partial charge in [0, 0.05) is 41.6 Å². The molecular weight excluding hydrogens is 400 g/mol. The molecule has 0 bridgehead atoms. The highest BCUT2D eigenvalue weighted by molar-refractivity contribution is 6.30. The fourth-order valence-corrected chi connectivity index (χ4v) is 5.01. The molecule has 2 aliphatic heterocycles. The fraction of sp³-hybridized carbons (Fsp3) is 0.455. The molecule has 4 aliphatic rings. The summed E-state index contributed by atoms with van der Waals surface area (Å²) in [7, 11) is 0. The lowest BCUT2D eigenvalue weighted by Gasteiger charge is -2.28. The van der Waals surface area contributed by atoms with E-state index < -0.39 is 0 Å². The molecule has 2 aromatic heterocycles. The lowest BCUT2D eigenvalue weighted by molar-refractivity contribution is 0.195. The molecule has 0 N–H and O–H groups in total. The number of rotatable bonds is 4. The summed E-state index contributed by atoms with van der Waals surface area (Å²) in [6.07, 6.45) is 9.70. The monoisotopic (exact) mass is 420 g/mol. The van der Waals surface area contributed by atoms with Gasteiger partial charge in [-0.2, -0.15) is 10.1 Å². The van der Waals surface area contributed by atoms with Crippen molar-refractivity contribution >= 4 is 17.8 Å². The van der Waals surface area contributed by atoms with Crippen molar-refractivity contribution in [2.45, 2.75) is 44.1 Å². The van der Waals surface area contributed by atoms with Gasteiger partial charge in [-0.1, -0.05) is 16.8 Å². The zero-order chi connectivity index (χ0) is 19.8. The summed E-state index contributed by atoms with van der Waals surface area (Å²) in [4.78, 5) is 9.34. The summed E-state index contributed by atoms with van der Waals surface area (Å²) in [5.41, 5.74) is 4.19. The molecule has 2 fully saturated rings. The molecule has 7 rings (SSSR count). The first-order valence-corrected chi connectivity index (χ1v) is 11.1. The van der Waals surface area contributed by atoms with Gasteiger partial charge in [0.25, 0.3) is 5.89 Å². The number of halogens is 1. The SMILES string of the molecule is Clc1ccc2c(c1)C1C(C=NN1CC1CC1)Cc1c(-c3nc(C4CC4)no3)ncn1-2. The van der Waals surface area contributed by atoms with E-state index in [0.29, 0.717) is 11.8 Å². The minimum absolute atomic E-state index is 0.191. The molecular formula is C22H21ClN6O. The van der Waals surface area contributed by atoms with E-state index in [0.717, 1.165) is 59.6 Å². The predicted octanol–water partition coefficient (Wildman–Crippen LogP) is 4.38. The summed E-state index contributed by atoms with van der Waals surface area (Å²) in [6.45, 7) is 1.01. The highest BCUT2D eigenvalue weighted by Crippen LogP contribution is 2.45. The molecule has 4 heterocycles. The smallest absolute Gasteiger partial charge is 0.278 e. The number of hydrazone groups is 1. The number of benzene rings is 1. The molecule has 0 saturated heterocycles. The number of imidazole rings is 1. The second-order valence-corrected chi connectivity index (χ2v) is 9.42. The van der Waals surface area contributed by atoms with E-state index in [1.807, 2.05) is 12.4 Å². The molecule has 0 amide bonds. The van der Waals surface area contributed by atoms with Crippen LogP contribution in [0.2, 0.25) is 5.02 Å². The van der Waals surface area contributed by atoms with E-state index in [9.17, 15) is 0 Å². The van der Waals surface area contributed by atoms with Crippen LogP contribution in [0.3, 0.4) is 0 Å². The largest absolute Gasteiger partial charge is 0.332 e. The minimum Gasteiger partial charge on any atom is -0.332 e. The molecule has 2 saturated carbocycles. The van der Waals surface area contributed by atoms with Gasteiger partial charge in [-0.15, -0.1) is 0 Å². The lowest BCUT2D eigenvalue weighted by atomic mass is 9.91. The highest BCUT2D eigenvalue weighted by Gasteiger charge is 2.41. The maximum atomic E-state index is 6.44. The first-order chi connectivity index (χ1) is 14.7. The Kier molecular flexibility index (Phi) is 3.51. The van der Waals surface area contributed by atoms with Crippen LogP contribution in [0.15, 0.2) is 34.2 Å². The van der Waals surface area contributed by atoms with Crippen LogP contribution in [-0.2, 0) is 6.42 Å². The van der Waals surface area contributed by atoms with Gasteiger partial charge in [0.15, 0.2) is 5.82 Å². The van der Waals surface area contributed by atoms with Crippen molar-refractivity contribution in [1.82, 2.24) is 24.7 Å². The van der Waals surface area contributed by atoms with Crippen LogP contribution in [-0.4, -0.2) is 37.5 Å². The highest BCUT2D eigenvalue weighted by atomic mass is 35.5. The van der Waals surface area contributed by atoms with Crippen molar-refractivity contribution in [3.05, 3.63) is 46.6 Å². The Balaban J connectivity index is 1.35. The molecule has 2 atom stereocenters. The van der Waals surface area contributed by atoms with Crippen LogP contribution in [0.25, 0.3) is 17.3 Å². The van der Waals surface area contributed by atoms with E-state index in [2.05, 4.69) is 38.1 Å². The van der Waals surface area contributed by atoms with Gasteiger partial charge >= 0.3 is 0 Å². The predicted molar refractivity (Wildman–Crippen MR) is 112 cm³/mol. The van der Waals surface area contributed by atoms with Crippen LogP contribution >= 0.6 is 11.6 Å². The van der Waals surface area contributed by atoms with Crippen LogP contribution in [0.1, 0.15) is 54.7 Å². The standard InChI is InChI=1S/C22H21ClN6O/c23-15-5-6-17-16(8-15)20-14(9-25-29(20)10-12-1-2-12)7-18-19(24-11-28(17)18)22-26-21(27-30-22)13-3-4-13/h5-6,8-9,11-14,20H,1-4,7,10H2. The average molecular weight is 421 g/mol. The third-order valence-corrected chi connectivity index (χ3v) is 6.96. The number of nitrogens with zero attached hydrogens (tertiary/aromatic N) is 6. The molecule has 8 heteroatoms. The second kappa shape index (κ2) is 6.17. The van der Waals surface area contributed by atoms with Gasteiger partial charge in [0.05, 0.1) is 17.4 Å². The van der Waals surface area contributed by atoms with Crippen molar-refractivity contribution in [3.8, 4) is 17.3 Å². The summed E-state index contributed by atoms with van der Waals surface area (Å²) in [5, 5.41) is 12.0. The van der Waals surface area contributed by atoms with Gasteiger partial charge in [-0.3, -0.25) is 5.01 Å². The maximum absolute atomic E-state index is 6.44. The first kappa shape index (κ1) is 17.1. The number of hydrogen-bond acceptors (Lipinski definition) is 6. The summed E-state index contributed by atoms with van der Waals surface area (Å²) >= 11 is 6.44. The van der Waals surface area contributed by atoms with E-state index in [1.54, 1.807) is 0 Å². The topological polar surface area (TPSA) is 72.3 Å². The Morgan fingerprint density at radius 2 is 2.07 bits per heavy atom. The van der Waals surface area contributed by atoms with Crippen molar-refractivity contribution in [2.24, 2.45) is 16.9 Å². The van der Waals surface area contributed by atoms with Gasteiger partial charge in [0.1, 0.15) is 12.0 Å². The van der Waals surface area contributed by atoms with Crippen molar-refractivity contribution < 1.29 is 4.52 Å². The molecule has 0 spiro atoms. The Hall–Kier alpha value is -2.67. The van der Waals surface area contributed by atoms with Crippen LogP contribution in [0.4, 0.5) is 0 Å².